The number of hydrogen-bond acceptors (Lipinski definition) is 4. The van der Waals surface area contributed by atoms with E-state index in [1.54, 1.807) is 11.8 Å². The quantitative estimate of drug-likeness (QED) is 0.481. The monoisotopic (exact) mass is 371 g/mol. The lowest BCUT2D eigenvalue weighted by Crippen LogP contribution is -2.20. The van der Waals surface area contributed by atoms with Crippen molar-refractivity contribution in [2.75, 3.05) is 0 Å². The Morgan fingerprint density at radius 3 is 2.63 bits per heavy atom. The molecule has 27 heavy (non-hydrogen) atoms. The average Bonchev–Trinajstić information content (AvgIpc) is 3.13. The Labute approximate surface area is 161 Å². The van der Waals surface area contributed by atoms with Crippen LogP contribution in [0.2, 0.25) is 0 Å². The van der Waals surface area contributed by atoms with Crippen molar-refractivity contribution in [2.45, 2.75) is 23.8 Å². The molecule has 0 saturated heterocycles. The molecule has 0 amide bonds. The first-order chi connectivity index (χ1) is 13.2. The second-order valence-electron chi connectivity index (χ2n) is 6.77. The summed E-state index contributed by atoms with van der Waals surface area (Å²) in [7, 11) is 0. The molecule has 1 aliphatic heterocycles. The molecule has 5 heteroatoms. The van der Waals surface area contributed by atoms with Crippen molar-refractivity contribution in [3.8, 4) is 11.4 Å². The van der Waals surface area contributed by atoms with Gasteiger partial charge in [0.15, 0.2) is 11.0 Å². The second-order valence-corrected chi connectivity index (χ2v) is 7.94. The maximum atomic E-state index is 12.7. The molecule has 4 aromatic rings. The predicted octanol–water partition coefficient (Wildman–Crippen LogP) is 5.28. The molecule has 1 aromatic heterocycles. The van der Waals surface area contributed by atoms with Crippen LogP contribution in [0.1, 0.15) is 27.6 Å². The van der Waals surface area contributed by atoms with Crippen molar-refractivity contribution in [2.24, 2.45) is 0 Å². The lowest BCUT2D eigenvalue weighted by molar-refractivity contribution is 0.0868. The van der Waals surface area contributed by atoms with Gasteiger partial charge in [-0.3, -0.25) is 4.79 Å². The SMILES string of the molecule is Cc1ccc(C2CC(=O)n3nc(-c4cccc5ccccc45)nc3S2)cc1. The van der Waals surface area contributed by atoms with Crippen LogP contribution in [0.25, 0.3) is 22.2 Å². The molecule has 0 saturated carbocycles. The van der Waals surface area contributed by atoms with Gasteiger partial charge in [-0.25, -0.2) is 4.98 Å². The van der Waals surface area contributed by atoms with Crippen molar-refractivity contribution in [3.05, 3.63) is 77.9 Å². The van der Waals surface area contributed by atoms with E-state index in [0.29, 0.717) is 17.4 Å². The summed E-state index contributed by atoms with van der Waals surface area (Å²) in [6.45, 7) is 2.07. The van der Waals surface area contributed by atoms with Crippen molar-refractivity contribution in [1.82, 2.24) is 14.8 Å². The van der Waals surface area contributed by atoms with E-state index in [-0.39, 0.29) is 11.2 Å². The van der Waals surface area contributed by atoms with Crippen LogP contribution < -0.4 is 0 Å². The molecule has 0 radical (unpaired) electrons. The van der Waals surface area contributed by atoms with E-state index in [9.17, 15) is 4.79 Å². The first kappa shape index (κ1) is 16.3. The number of benzene rings is 3. The average molecular weight is 371 g/mol. The predicted molar refractivity (Wildman–Crippen MR) is 108 cm³/mol. The lowest BCUT2D eigenvalue weighted by atomic mass is 10.0. The van der Waals surface area contributed by atoms with Crippen LogP contribution in [0.5, 0.6) is 0 Å². The number of rotatable bonds is 2. The highest BCUT2D eigenvalue weighted by Crippen LogP contribution is 2.42. The van der Waals surface area contributed by atoms with Gasteiger partial charge in [0.2, 0.25) is 0 Å². The van der Waals surface area contributed by atoms with E-state index >= 15 is 0 Å². The number of aryl methyl sites for hydroxylation is 1. The van der Waals surface area contributed by atoms with E-state index < -0.39 is 0 Å². The minimum Gasteiger partial charge on any atom is -0.272 e. The number of thioether (sulfide) groups is 1. The van der Waals surface area contributed by atoms with E-state index in [2.05, 4.69) is 54.5 Å². The van der Waals surface area contributed by atoms with E-state index in [1.807, 2.05) is 24.3 Å². The van der Waals surface area contributed by atoms with Crippen LogP contribution in [0.4, 0.5) is 0 Å². The Hall–Kier alpha value is -2.92. The fraction of sp³-hybridized carbons (Fsp3) is 0.136. The summed E-state index contributed by atoms with van der Waals surface area (Å²) >= 11 is 1.61. The van der Waals surface area contributed by atoms with Crippen LogP contribution in [0.3, 0.4) is 0 Å². The molecule has 0 aliphatic carbocycles. The molecule has 132 valence electrons. The molecule has 1 aliphatic rings. The Balaban J connectivity index is 1.56. The van der Waals surface area contributed by atoms with Gasteiger partial charge >= 0.3 is 0 Å². The molecule has 4 nitrogen and oxygen atoms in total. The second kappa shape index (κ2) is 6.35. The molecule has 5 rings (SSSR count). The Morgan fingerprint density at radius 1 is 1.00 bits per heavy atom. The van der Waals surface area contributed by atoms with Gasteiger partial charge in [0.1, 0.15) is 0 Å². The van der Waals surface area contributed by atoms with Gasteiger partial charge in [-0.1, -0.05) is 84.1 Å². The smallest absolute Gasteiger partial charge is 0.250 e. The zero-order chi connectivity index (χ0) is 18.4. The summed E-state index contributed by atoms with van der Waals surface area (Å²) in [5.41, 5.74) is 3.32. The molecule has 0 fully saturated rings. The lowest BCUT2D eigenvalue weighted by Gasteiger charge is -2.20. The summed E-state index contributed by atoms with van der Waals surface area (Å²) in [5, 5.41) is 7.51. The van der Waals surface area contributed by atoms with Crippen molar-refractivity contribution in [1.29, 1.82) is 0 Å². The molecule has 0 spiro atoms. The van der Waals surface area contributed by atoms with Gasteiger partial charge in [0.25, 0.3) is 5.91 Å². The highest BCUT2D eigenvalue weighted by Gasteiger charge is 2.30. The van der Waals surface area contributed by atoms with E-state index in [1.165, 1.54) is 10.2 Å². The standard InChI is InChI=1S/C22H17N3OS/c1-14-9-11-16(12-10-14)19-13-20(26)25-22(27-19)23-21(24-25)18-8-4-6-15-5-2-3-7-17(15)18/h2-12,19H,13H2,1H3. The maximum Gasteiger partial charge on any atom is 0.250 e. The van der Waals surface area contributed by atoms with Crippen molar-refractivity contribution < 1.29 is 4.79 Å². The first-order valence-electron chi connectivity index (χ1n) is 8.91. The van der Waals surface area contributed by atoms with Crippen LogP contribution in [0.15, 0.2) is 71.9 Å². The van der Waals surface area contributed by atoms with Crippen molar-refractivity contribution >= 4 is 28.4 Å². The van der Waals surface area contributed by atoms with Gasteiger partial charge in [-0.2, -0.15) is 4.68 Å². The van der Waals surface area contributed by atoms with Crippen LogP contribution >= 0.6 is 11.8 Å². The number of fused-ring (bicyclic) bond motifs is 2. The van der Waals surface area contributed by atoms with Gasteiger partial charge < -0.3 is 0 Å². The number of nitrogens with zero attached hydrogens (tertiary/aromatic N) is 3. The number of carbonyl (C=O) groups is 1. The third-order valence-corrected chi connectivity index (χ3v) is 6.10. The summed E-state index contributed by atoms with van der Waals surface area (Å²) in [5.74, 6) is 0.598. The highest BCUT2D eigenvalue weighted by atomic mass is 32.2. The van der Waals surface area contributed by atoms with Gasteiger partial charge in [-0.15, -0.1) is 5.10 Å². The Morgan fingerprint density at radius 2 is 1.78 bits per heavy atom. The molecule has 1 atom stereocenters. The Bertz CT molecular complexity index is 1160. The molecule has 3 aromatic carbocycles. The van der Waals surface area contributed by atoms with Crippen molar-refractivity contribution in [3.63, 3.8) is 0 Å². The largest absolute Gasteiger partial charge is 0.272 e. The minimum atomic E-state index is -0.00619. The zero-order valence-electron chi connectivity index (χ0n) is 14.8. The molecular formula is C22H17N3OS. The number of carbonyl (C=O) groups excluding carboxylic acids is 1. The summed E-state index contributed by atoms with van der Waals surface area (Å²) in [6.07, 6.45) is 0.430. The van der Waals surface area contributed by atoms with Gasteiger partial charge in [0.05, 0.1) is 0 Å². The molecule has 1 unspecified atom stereocenters. The summed E-state index contributed by atoms with van der Waals surface area (Å²) < 4.78 is 1.46. The van der Waals surface area contributed by atoms with Crippen LogP contribution in [0, 0.1) is 6.92 Å². The van der Waals surface area contributed by atoms with Gasteiger partial charge in [0, 0.05) is 17.2 Å². The topological polar surface area (TPSA) is 47.8 Å². The molecule has 0 N–H and O–H groups in total. The van der Waals surface area contributed by atoms with Crippen LogP contribution in [-0.4, -0.2) is 20.7 Å². The highest BCUT2D eigenvalue weighted by molar-refractivity contribution is 7.99. The molecule has 2 heterocycles. The third-order valence-electron chi connectivity index (χ3n) is 4.90. The number of aromatic nitrogens is 3. The first-order valence-corrected chi connectivity index (χ1v) is 9.78. The Kier molecular flexibility index (Phi) is 3.83. The fourth-order valence-electron chi connectivity index (χ4n) is 3.45. The number of hydrogen-bond donors (Lipinski definition) is 0. The molecule has 0 bridgehead atoms. The zero-order valence-corrected chi connectivity index (χ0v) is 15.6. The molecular weight excluding hydrogens is 354 g/mol. The summed E-state index contributed by atoms with van der Waals surface area (Å²) in [6, 6.07) is 22.6. The third kappa shape index (κ3) is 2.84. The maximum absolute atomic E-state index is 12.7. The van der Waals surface area contributed by atoms with E-state index in [4.69, 9.17) is 4.98 Å². The fourth-order valence-corrected chi connectivity index (χ4v) is 4.61. The summed E-state index contributed by atoms with van der Waals surface area (Å²) in [4.78, 5) is 17.4. The minimum absolute atomic E-state index is 0.00619. The van der Waals surface area contributed by atoms with Crippen LogP contribution in [-0.2, 0) is 0 Å². The van der Waals surface area contributed by atoms with Gasteiger partial charge in [-0.05, 0) is 23.3 Å². The van der Waals surface area contributed by atoms with E-state index in [0.717, 1.165) is 21.9 Å². The normalized spacial score (nSPS) is 16.5.